The number of unbranched alkanes of at least 4 members (excludes halogenated alkanes) is 1. The zero-order valence-corrected chi connectivity index (χ0v) is 43.1. The predicted octanol–water partition coefficient (Wildman–Crippen LogP) is 7.10. The molecular formula is C53H59BClFN9O9S+. The Morgan fingerprint density at radius 3 is 2.32 bits per heavy atom. The molecule has 6 heterocycles. The van der Waals surface area contributed by atoms with Crippen LogP contribution >= 0.6 is 22.9 Å². The molecule has 2 aliphatic heterocycles. The molecule has 3 amide bonds. The summed E-state index contributed by atoms with van der Waals surface area (Å²) >= 11 is 7.09. The summed E-state index contributed by atoms with van der Waals surface area (Å²) in [4.78, 5) is 46.4. The molecule has 0 saturated carbocycles. The van der Waals surface area contributed by atoms with Gasteiger partial charge in [0, 0.05) is 89.8 Å². The number of fused-ring (bicyclic) bond motifs is 2. The average Bonchev–Trinajstić information content (AvgIpc) is 4.27. The number of methoxy groups -OCH3 is 1. The third-order valence-corrected chi connectivity index (χ3v) is 13.0. The van der Waals surface area contributed by atoms with Gasteiger partial charge in [0.1, 0.15) is 18.1 Å². The molecule has 4 aromatic heterocycles. The number of pyridine rings is 1. The molecule has 8 rings (SSSR count). The van der Waals surface area contributed by atoms with Crippen LogP contribution in [-0.4, -0.2) is 133 Å². The third kappa shape index (κ3) is 15.5. The summed E-state index contributed by atoms with van der Waals surface area (Å²) < 4.78 is 52.9. The van der Waals surface area contributed by atoms with Gasteiger partial charge in [-0.15, -0.1) is 5.10 Å². The first-order valence-electron chi connectivity index (χ1n) is 24.8. The third-order valence-electron chi connectivity index (χ3n) is 12.0. The summed E-state index contributed by atoms with van der Waals surface area (Å²) in [7, 11) is 0.163. The maximum atomic E-state index is 15.9. The Kier molecular flexibility index (Phi) is 20.3. The van der Waals surface area contributed by atoms with E-state index in [-0.39, 0.29) is 43.0 Å². The van der Waals surface area contributed by atoms with E-state index < -0.39 is 13.2 Å². The zero-order chi connectivity index (χ0) is 52.2. The van der Waals surface area contributed by atoms with Crippen LogP contribution in [0.1, 0.15) is 64.4 Å². The van der Waals surface area contributed by atoms with Gasteiger partial charge in [0.05, 0.1) is 65.5 Å². The van der Waals surface area contributed by atoms with E-state index in [0.717, 1.165) is 69.5 Å². The number of H-pyrrole nitrogens is 1. The lowest BCUT2D eigenvalue weighted by Crippen LogP contribution is -2.40. The zero-order valence-electron chi connectivity index (χ0n) is 41.6. The van der Waals surface area contributed by atoms with Crippen LogP contribution in [0.15, 0.2) is 109 Å². The van der Waals surface area contributed by atoms with Gasteiger partial charge in [0.25, 0.3) is 11.1 Å². The molecular weight excluding hydrogens is 1000 g/mol. The van der Waals surface area contributed by atoms with Crippen LogP contribution in [0.5, 0.6) is 10.9 Å². The number of amides is 3. The molecule has 0 unspecified atom stereocenters. The topological polar surface area (TPSA) is 205 Å². The number of allylic oxidation sites excluding steroid dienone is 2. The van der Waals surface area contributed by atoms with Crippen LogP contribution < -0.4 is 25.4 Å². The lowest BCUT2D eigenvalue weighted by atomic mass is 9.96. The Balaban J connectivity index is 0.626. The minimum atomic E-state index is -1.42. The number of nitrogens with one attached hydrogen (secondary N) is 4. The smallest absolute Gasteiger partial charge is 0.496 e. The minimum absolute atomic E-state index is 0.0986. The number of rotatable bonds is 31. The Labute approximate surface area is 443 Å². The molecule has 0 saturated heterocycles. The summed E-state index contributed by atoms with van der Waals surface area (Å²) in [5, 5.41) is 18.0. The minimum Gasteiger partial charge on any atom is -0.496 e. The molecule has 6 aromatic rings. The summed E-state index contributed by atoms with van der Waals surface area (Å²) in [6, 6.07) is 24.2. The van der Waals surface area contributed by atoms with E-state index in [4.69, 9.17) is 40.0 Å². The SMILES string of the molecule is COc1ccccc1-c1cc(CCCCNC(=O)CCOCCOCCOCCOCCNC(=O)CCc2ccc3n2B(F)[N+]2=C(c4ccc[nH]4)C=CC2=C3)ncc1C(=O)Nc1nnc(OCc2ccc(Cl)cc2)s1. The Morgan fingerprint density at radius 1 is 0.800 bits per heavy atom. The van der Waals surface area contributed by atoms with Crippen LogP contribution in [0.3, 0.4) is 0 Å². The highest BCUT2D eigenvalue weighted by Gasteiger charge is 2.48. The van der Waals surface area contributed by atoms with Gasteiger partial charge in [-0.3, -0.25) is 29.2 Å². The number of aromatic amines is 1. The molecule has 0 aliphatic carbocycles. The van der Waals surface area contributed by atoms with Gasteiger partial charge in [0.15, 0.2) is 5.70 Å². The number of anilines is 1. The molecule has 0 radical (unpaired) electrons. The number of nitrogens with zero attached hydrogens (tertiary/aromatic N) is 5. The number of para-hydroxylation sites is 1. The highest BCUT2D eigenvalue weighted by Crippen LogP contribution is 2.34. The summed E-state index contributed by atoms with van der Waals surface area (Å²) in [5.74, 6) is -0.0281. The van der Waals surface area contributed by atoms with Crippen LogP contribution in [-0.2, 0) is 48.0 Å². The van der Waals surface area contributed by atoms with Crippen molar-refractivity contribution < 1.29 is 51.6 Å². The van der Waals surface area contributed by atoms with E-state index in [2.05, 4.69) is 36.1 Å². The lowest BCUT2D eigenvalue weighted by molar-refractivity contribution is -0.333. The van der Waals surface area contributed by atoms with Crippen LogP contribution in [0.2, 0.25) is 5.02 Å². The average molecular weight is 1060 g/mol. The van der Waals surface area contributed by atoms with Gasteiger partial charge in [-0.05, 0) is 91.1 Å². The summed E-state index contributed by atoms with van der Waals surface area (Å²) in [5.41, 5.74) is 7.33. The molecule has 392 valence electrons. The lowest BCUT2D eigenvalue weighted by Gasteiger charge is -2.15. The van der Waals surface area contributed by atoms with E-state index in [0.29, 0.717) is 99.3 Å². The number of carbonyl (C=O) groups is 3. The Hall–Kier alpha value is -7.01. The highest BCUT2D eigenvalue weighted by atomic mass is 35.5. The summed E-state index contributed by atoms with van der Waals surface area (Å²) in [6.07, 6.45) is 12.1. The number of hydrogen-bond acceptors (Lipinski definition) is 13. The number of carbonyl (C=O) groups excluding carboxylic acids is 3. The number of aryl methyl sites for hydroxylation is 2. The van der Waals surface area contributed by atoms with Crippen LogP contribution in [0, 0.1) is 0 Å². The molecule has 2 aromatic carbocycles. The summed E-state index contributed by atoms with van der Waals surface area (Å²) in [6.45, 7) is 4.00. The monoisotopic (exact) mass is 1060 g/mol. The van der Waals surface area contributed by atoms with Gasteiger partial charge < -0.3 is 44.0 Å². The van der Waals surface area contributed by atoms with E-state index >= 15 is 4.32 Å². The fourth-order valence-electron chi connectivity index (χ4n) is 8.27. The molecule has 0 spiro atoms. The maximum absolute atomic E-state index is 15.9. The molecule has 4 N–H and O–H groups in total. The van der Waals surface area contributed by atoms with E-state index in [9.17, 15) is 14.4 Å². The Morgan fingerprint density at radius 2 is 1.55 bits per heavy atom. The first kappa shape index (κ1) is 54.3. The van der Waals surface area contributed by atoms with Crippen LogP contribution in [0.25, 0.3) is 17.2 Å². The normalized spacial score (nSPS) is 12.6. The van der Waals surface area contributed by atoms with E-state index in [1.165, 1.54) is 0 Å². The number of hydrogen-bond donors (Lipinski definition) is 4. The number of aromatic nitrogens is 5. The van der Waals surface area contributed by atoms with Gasteiger partial charge in [0.2, 0.25) is 22.7 Å². The van der Waals surface area contributed by atoms with Crippen molar-refractivity contribution in [2.45, 2.75) is 45.1 Å². The van der Waals surface area contributed by atoms with Gasteiger partial charge in [-0.25, -0.2) is 8.80 Å². The second-order valence-corrected chi connectivity index (χ2v) is 18.6. The van der Waals surface area contributed by atoms with Crippen molar-refractivity contribution in [3.8, 4) is 22.1 Å². The second kappa shape index (κ2) is 28.0. The number of ether oxygens (including phenoxy) is 6. The fourth-order valence-corrected chi connectivity index (χ4v) is 8.98. The van der Waals surface area contributed by atoms with E-state index in [1.807, 2.05) is 91.2 Å². The van der Waals surface area contributed by atoms with Crippen molar-refractivity contribution in [1.29, 1.82) is 0 Å². The first-order chi connectivity index (χ1) is 36.7. The first-order valence-corrected chi connectivity index (χ1v) is 26.0. The van der Waals surface area contributed by atoms with Crippen molar-refractivity contribution >= 4 is 64.8 Å². The quantitative estimate of drug-likeness (QED) is 0.0254. The number of benzene rings is 2. The largest absolute Gasteiger partial charge is 0.846 e. The molecule has 0 atom stereocenters. The highest BCUT2D eigenvalue weighted by molar-refractivity contribution is 7.17. The molecule has 18 nitrogen and oxygen atoms in total. The van der Waals surface area contributed by atoms with Gasteiger partial charge >= 0.3 is 7.26 Å². The molecule has 0 bridgehead atoms. The molecule has 0 fully saturated rings. The van der Waals surface area contributed by atoms with Gasteiger partial charge in [-0.2, -0.15) is 0 Å². The predicted molar refractivity (Wildman–Crippen MR) is 284 cm³/mol. The maximum Gasteiger partial charge on any atom is 0.846 e. The van der Waals surface area contributed by atoms with Crippen molar-refractivity contribution in [3.63, 3.8) is 0 Å². The number of halogens is 2. The van der Waals surface area contributed by atoms with Crippen molar-refractivity contribution in [2.75, 3.05) is 78.4 Å². The van der Waals surface area contributed by atoms with E-state index in [1.54, 1.807) is 34.4 Å². The van der Waals surface area contributed by atoms with Crippen LogP contribution in [0.4, 0.5) is 9.45 Å². The second-order valence-electron chi connectivity index (χ2n) is 17.2. The van der Waals surface area contributed by atoms with Gasteiger partial charge in [-0.1, -0.05) is 47.0 Å². The van der Waals surface area contributed by atoms with Crippen molar-refractivity contribution in [2.24, 2.45) is 0 Å². The molecule has 75 heavy (non-hydrogen) atoms. The molecule has 22 heteroatoms. The molecule has 2 aliphatic rings. The standard InChI is InChI=1S/C53H58BClFN9O9S/c1-69-48-10-3-2-8-43(48)44-33-39(60-35-45(44)51(68)61-52-62-63-53(75-52)74-36-37-11-13-38(55)14-12-37)7-4-5-22-58-50(67)21-25-70-27-29-72-31-32-73-30-28-71-26-24-59-49(66)20-18-40-15-16-41-34-42-17-19-47(46-9-6-23-57-46)65(42)54(56)64(40)41/h2-3,6,8-17,19,23,33-35H,4-5,7,18,20-22,24-32,36H2,1H3,(H3,58,59,61,62,66,67,68)/p+1. The Bertz CT molecular complexity index is 2950. The van der Waals surface area contributed by atoms with Crippen molar-refractivity contribution in [3.05, 3.63) is 148 Å². The van der Waals surface area contributed by atoms with Crippen molar-refractivity contribution in [1.82, 2.24) is 35.3 Å². The fraction of sp³-hybridized carbons (Fsp3) is 0.340.